The van der Waals surface area contributed by atoms with Crippen molar-refractivity contribution in [3.05, 3.63) is 24.3 Å². The molecule has 1 rings (SSSR count). The van der Waals surface area contributed by atoms with E-state index < -0.39 is 11.5 Å². The van der Waals surface area contributed by atoms with Gasteiger partial charge in [-0.15, -0.1) is 0 Å². The zero-order valence-corrected chi connectivity index (χ0v) is 16.6. The fourth-order valence-corrected chi connectivity index (χ4v) is 3.34. The van der Waals surface area contributed by atoms with E-state index in [1.54, 1.807) is 6.08 Å². The van der Waals surface area contributed by atoms with Crippen LogP contribution in [0.15, 0.2) is 24.3 Å². The van der Waals surface area contributed by atoms with Crippen molar-refractivity contribution in [3.8, 4) is 0 Å². The molecule has 27 heavy (non-hydrogen) atoms. The quantitative estimate of drug-likeness (QED) is 0.317. The number of esters is 2. The molecule has 0 aromatic heterocycles. The van der Waals surface area contributed by atoms with Gasteiger partial charge in [0, 0.05) is 13.3 Å². The first-order valence-electron chi connectivity index (χ1n) is 9.67. The molecular weight excluding hydrogens is 348 g/mol. The van der Waals surface area contributed by atoms with Gasteiger partial charge in [-0.2, -0.15) is 0 Å². The Morgan fingerprint density at radius 1 is 1.30 bits per heavy atom. The molecule has 0 saturated carbocycles. The van der Waals surface area contributed by atoms with Gasteiger partial charge in [-0.1, -0.05) is 25.5 Å². The van der Waals surface area contributed by atoms with Crippen LogP contribution in [0.25, 0.3) is 0 Å². The molecule has 6 nitrogen and oxygen atoms in total. The van der Waals surface area contributed by atoms with Crippen LogP contribution in [0, 0.1) is 5.92 Å². The number of ketones is 1. The van der Waals surface area contributed by atoms with Gasteiger partial charge in [-0.05, 0) is 50.7 Å². The van der Waals surface area contributed by atoms with E-state index in [2.05, 4.69) is 4.74 Å². The van der Waals surface area contributed by atoms with Crippen molar-refractivity contribution in [2.24, 2.45) is 5.92 Å². The lowest BCUT2D eigenvalue weighted by atomic mass is 9.83. The Balaban J connectivity index is 2.49. The minimum atomic E-state index is -1.11. The third-order valence-electron chi connectivity index (χ3n) is 4.84. The highest BCUT2D eigenvalue weighted by molar-refractivity contribution is 5.96. The van der Waals surface area contributed by atoms with Gasteiger partial charge in [0.05, 0.1) is 18.6 Å². The van der Waals surface area contributed by atoms with Crippen molar-refractivity contribution >= 4 is 17.7 Å². The number of carbonyl (C=O) groups excluding carboxylic acids is 3. The van der Waals surface area contributed by atoms with Crippen molar-refractivity contribution in [3.63, 3.8) is 0 Å². The second-order valence-electron chi connectivity index (χ2n) is 6.99. The van der Waals surface area contributed by atoms with Crippen LogP contribution in [0.3, 0.4) is 0 Å². The molecule has 1 N–H and O–H groups in total. The molecule has 6 heteroatoms. The number of carbonyl (C=O) groups is 3. The molecule has 0 amide bonds. The maximum absolute atomic E-state index is 12.0. The first-order chi connectivity index (χ1) is 12.8. The van der Waals surface area contributed by atoms with E-state index in [1.807, 2.05) is 19.1 Å². The summed E-state index contributed by atoms with van der Waals surface area (Å²) in [4.78, 5) is 34.6. The standard InChI is InChI=1S/C21H32O6/c1-4-5-6-10-18-19(23)13-15-21(18,25)14-8-7-9-17(27-16(2)22)11-12-20(24)26-3/h5-6,13,15,17-18,25H,4,7-12,14H2,1-3H3/b6-5-/t17-,18+,21+/m0/s1. The molecule has 3 atom stereocenters. The van der Waals surface area contributed by atoms with E-state index in [-0.39, 0.29) is 30.2 Å². The number of hydrogen-bond acceptors (Lipinski definition) is 6. The van der Waals surface area contributed by atoms with Crippen LogP contribution in [0.4, 0.5) is 0 Å². The van der Waals surface area contributed by atoms with Gasteiger partial charge in [0.25, 0.3) is 0 Å². The number of hydrogen-bond donors (Lipinski definition) is 1. The van der Waals surface area contributed by atoms with Gasteiger partial charge < -0.3 is 14.6 Å². The maximum atomic E-state index is 12.0. The molecule has 152 valence electrons. The molecule has 0 aliphatic heterocycles. The zero-order valence-electron chi connectivity index (χ0n) is 16.6. The fourth-order valence-electron chi connectivity index (χ4n) is 3.34. The van der Waals surface area contributed by atoms with Crippen molar-refractivity contribution in [1.29, 1.82) is 0 Å². The molecule has 0 bridgehead atoms. The van der Waals surface area contributed by atoms with Crippen molar-refractivity contribution in [1.82, 2.24) is 0 Å². The fraction of sp³-hybridized carbons (Fsp3) is 0.667. The van der Waals surface area contributed by atoms with Crippen LogP contribution in [0.1, 0.15) is 65.2 Å². The summed E-state index contributed by atoms with van der Waals surface area (Å²) >= 11 is 0. The first-order valence-corrected chi connectivity index (χ1v) is 9.67. The zero-order chi connectivity index (χ0) is 20.3. The number of unbranched alkanes of at least 4 members (excludes halogenated alkanes) is 1. The van der Waals surface area contributed by atoms with Crippen LogP contribution >= 0.6 is 0 Å². The highest BCUT2D eigenvalue weighted by Crippen LogP contribution is 2.34. The van der Waals surface area contributed by atoms with Crippen molar-refractivity contribution < 1.29 is 29.0 Å². The molecule has 0 spiro atoms. The largest absolute Gasteiger partial charge is 0.469 e. The molecular formula is C21H32O6. The Bertz CT molecular complexity index is 565. The third kappa shape index (κ3) is 8.08. The van der Waals surface area contributed by atoms with Crippen LogP contribution in [-0.2, 0) is 23.9 Å². The van der Waals surface area contributed by atoms with Crippen LogP contribution in [0.5, 0.6) is 0 Å². The maximum Gasteiger partial charge on any atom is 0.305 e. The van der Waals surface area contributed by atoms with Crippen LogP contribution in [0.2, 0.25) is 0 Å². The second kappa shape index (κ2) is 11.7. The molecule has 1 aliphatic carbocycles. The Morgan fingerprint density at radius 3 is 2.67 bits per heavy atom. The minimum absolute atomic E-state index is 0.0332. The lowest BCUT2D eigenvalue weighted by Crippen LogP contribution is -2.35. The summed E-state index contributed by atoms with van der Waals surface area (Å²) in [6.45, 7) is 3.37. The Hall–Kier alpha value is -1.95. The molecule has 0 saturated heterocycles. The predicted molar refractivity (Wildman–Crippen MR) is 102 cm³/mol. The van der Waals surface area contributed by atoms with E-state index in [0.717, 1.165) is 12.8 Å². The Kier molecular flexibility index (Phi) is 10.0. The van der Waals surface area contributed by atoms with E-state index in [4.69, 9.17) is 4.74 Å². The van der Waals surface area contributed by atoms with Crippen LogP contribution < -0.4 is 0 Å². The summed E-state index contributed by atoms with van der Waals surface area (Å²) in [6.07, 6.45) is 11.2. The van der Waals surface area contributed by atoms with Gasteiger partial charge in [-0.3, -0.25) is 14.4 Å². The SMILES string of the molecule is CC/C=C\C[C@@H]1C(=O)C=C[C@]1(O)CCCC[C@@H](CCC(=O)OC)OC(C)=O. The number of rotatable bonds is 12. The number of allylic oxidation sites excluding steroid dienone is 3. The molecule has 0 fully saturated rings. The van der Waals surface area contributed by atoms with Crippen molar-refractivity contribution in [2.45, 2.75) is 76.9 Å². The monoisotopic (exact) mass is 380 g/mol. The highest BCUT2D eigenvalue weighted by atomic mass is 16.5. The molecule has 0 unspecified atom stereocenters. The number of aliphatic hydroxyl groups is 1. The summed E-state index contributed by atoms with van der Waals surface area (Å²) in [5.41, 5.74) is -1.11. The lowest BCUT2D eigenvalue weighted by Gasteiger charge is -2.28. The Morgan fingerprint density at radius 2 is 2.04 bits per heavy atom. The van der Waals surface area contributed by atoms with E-state index in [0.29, 0.717) is 32.1 Å². The highest BCUT2D eigenvalue weighted by Gasteiger charge is 2.41. The minimum Gasteiger partial charge on any atom is -0.469 e. The smallest absolute Gasteiger partial charge is 0.305 e. The summed E-state index contributed by atoms with van der Waals surface area (Å²) in [7, 11) is 1.33. The number of methoxy groups -OCH3 is 1. The topological polar surface area (TPSA) is 89.9 Å². The average Bonchev–Trinajstić information content (AvgIpc) is 2.91. The summed E-state index contributed by atoms with van der Waals surface area (Å²) in [6, 6.07) is 0. The molecule has 0 aromatic carbocycles. The van der Waals surface area contributed by atoms with E-state index in [1.165, 1.54) is 20.1 Å². The molecule has 1 aliphatic rings. The van der Waals surface area contributed by atoms with Gasteiger partial charge >= 0.3 is 11.9 Å². The summed E-state index contributed by atoms with van der Waals surface area (Å²) in [5.74, 6) is -1.17. The molecule has 0 aromatic rings. The van der Waals surface area contributed by atoms with E-state index >= 15 is 0 Å². The first kappa shape index (κ1) is 23.1. The Labute approximate surface area is 161 Å². The number of ether oxygens (including phenoxy) is 2. The lowest BCUT2D eigenvalue weighted by molar-refractivity contribution is -0.149. The predicted octanol–water partition coefficient (Wildman–Crippen LogP) is 3.27. The van der Waals surface area contributed by atoms with Crippen molar-refractivity contribution in [2.75, 3.05) is 7.11 Å². The van der Waals surface area contributed by atoms with E-state index in [9.17, 15) is 19.5 Å². The summed E-state index contributed by atoms with van der Waals surface area (Å²) < 4.78 is 9.88. The van der Waals surface area contributed by atoms with Gasteiger partial charge in [0.2, 0.25) is 0 Å². The summed E-state index contributed by atoms with van der Waals surface area (Å²) in [5, 5.41) is 10.9. The van der Waals surface area contributed by atoms with Gasteiger partial charge in [-0.25, -0.2) is 0 Å². The molecule has 0 heterocycles. The second-order valence-corrected chi connectivity index (χ2v) is 6.99. The average molecular weight is 380 g/mol. The van der Waals surface area contributed by atoms with Gasteiger partial charge in [0.1, 0.15) is 6.10 Å². The van der Waals surface area contributed by atoms with Crippen LogP contribution in [-0.4, -0.2) is 41.6 Å². The molecule has 0 radical (unpaired) electrons. The van der Waals surface area contributed by atoms with Gasteiger partial charge in [0.15, 0.2) is 5.78 Å². The normalized spacial score (nSPS) is 23.0. The third-order valence-corrected chi connectivity index (χ3v) is 4.84.